The average Bonchev–Trinajstić information content (AvgIpc) is 2.31. The largest absolute Gasteiger partial charge is 0.394 e. The van der Waals surface area contributed by atoms with E-state index in [9.17, 15) is 8.78 Å². The van der Waals surface area contributed by atoms with Crippen LogP contribution in [0.1, 0.15) is 11.6 Å². The third-order valence-electron chi connectivity index (χ3n) is 2.18. The molecule has 2 atom stereocenters. The fraction of sp³-hybridized carbons (Fsp3) is 0.455. The maximum Gasteiger partial charge on any atom is 0.128 e. The molecule has 3 nitrogen and oxygen atoms in total. The summed E-state index contributed by atoms with van der Waals surface area (Å²) in [6, 6.07) is 2.51. The lowest BCUT2D eigenvalue weighted by molar-refractivity contribution is 0.113. The molecular formula is C11H15F2NO2S. The zero-order valence-electron chi connectivity index (χ0n) is 9.14. The van der Waals surface area contributed by atoms with Crippen LogP contribution in [0.25, 0.3) is 0 Å². The van der Waals surface area contributed by atoms with Gasteiger partial charge in [0.2, 0.25) is 0 Å². The summed E-state index contributed by atoms with van der Waals surface area (Å²) in [5, 5.41) is 17.7. The molecule has 0 saturated carbocycles. The molecule has 0 heterocycles. The molecule has 0 saturated heterocycles. The van der Waals surface area contributed by atoms with Crippen LogP contribution in [-0.4, -0.2) is 34.4 Å². The van der Waals surface area contributed by atoms with Crippen LogP contribution in [0.15, 0.2) is 18.2 Å². The third-order valence-corrected chi connectivity index (χ3v) is 3.39. The van der Waals surface area contributed by atoms with Crippen molar-refractivity contribution in [3.63, 3.8) is 0 Å². The highest BCUT2D eigenvalue weighted by Gasteiger charge is 2.13. The number of rotatable bonds is 6. The van der Waals surface area contributed by atoms with Gasteiger partial charge >= 0.3 is 0 Å². The molecule has 0 radical (unpaired) electrons. The second-order valence-electron chi connectivity index (χ2n) is 3.65. The number of nitrogens with two attached hydrogens (primary N) is 1. The maximum absolute atomic E-state index is 13.3. The first kappa shape index (κ1) is 14.4. The van der Waals surface area contributed by atoms with Gasteiger partial charge in [-0.15, -0.1) is 0 Å². The van der Waals surface area contributed by atoms with Crippen LogP contribution in [-0.2, 0) is 0 Å². The van der Waals surface area contributed by atoms with Gasteiger partial charge < -0.3 is 15.9 Å². The van der Waals surface area contributed by atoms with Crippen molar-refractivity contribution >= 4 is 11.8 Å². The van der Waals surface area contributed by atoms with Crippen molar-refractivity contribution in [2.75, 3.05) is 18.1 Å². The van der Waals surface area contributed by atoms with Crippen LogP contribution in [0.3, 0.4) is 0 Å². The molecule has 0 aromatic heterocycles. The van der Waals surface area contributed by atoms with E-state index in [-0.39, 0.29) is 12.2 Å². The van der Waals surface area contributed by atoms with Gasteiger partial charge in [-0.2, -0.15) is 11.8 Å². The molecule has 0 aliphatic carbocycles. The first-order valence-corrected chi connectivity index (χ1v) is 6.27. The van der Waals surface area contributed by atoms with E-state index in [1.807, 2.05) is 0 Å². The van der Waals surface area contributed by atoms with E-state index in [0.29, 0.717) is 11.5 Å². The first-order chi connectivity index (χ1) is 8.04. The Kier molecular flexibility index (Phi) is 5.84. The van der Waals surface area contributed by atoms with Crippen molar-refractivity contribution in [2.24, 2.45) is 5.73 Å². The molecule has 4 N–H and O–H groups in total. The Morgan fingerprint density at radius 2 is 2.00 bits per heavy atom. The van der Waals surface area contributed by atoms with Crippen LogP contribution in [0.5, 0.6) is 0 Å². The molecule has 2 unspecified atom stereocenters. The Morgan fingerprint density at radius 1 is 1.29 bits per heavy atom. The minimum Gasteiger partial charge on any atom is -0.394 e. The predicted octanol–water partition coefficient (Wildman–Crippen LogP) is 1.05. The number of hydrogen-bond donors (Lipinski definition) is 3. The summed E-state index contributed by atoms with van der Waals surface area (Å²) in [6.45, 7) is -0.323. The fourth-order valence-electron chi connectivity index (χ4n) is 1.27. The minimum atomic E-state index is -0.815. The second-order valence-corrected chi connectivity index (χ2v) is 4.72. The molecule has 1 rings (SSSR count). The molecule has 0 amide bonds. The van der Waals surface area contributed by atoms with E-state index in [2.05, 4.69) is 0 Å². The molecule has 0 aliphatic heterocycles. The zero-order chi connectivity index (χ0) is 12.8. The molecule has 0 bridgehead atoms. The molecular weight excluding hydrogens is 248 g/mol. The molecule has 96 valence electrons. The smallest absolute Gasteiger partial charge is 0.128 e. The third kappa shape index (κ3) is 4.59. The molecule has 6 heteroatoms. The summed E-state index contributed by atoms with van der Waals surface area (Å²) in [6.07, 6.45) is -0.815. The average molecular weight is 263 g/mol. The Hall–Kier alpha value is -0.690. The van der Waals surface area contributed by atoms with E-state index in [1.165, 1.54) is 11.8 Å². The van der Waals surface area contributed by atoms with Gasteiger partial charge in [0, 0.05) is 23.1 Å². The van der Waals surface area contributed by atoms with Crippen LogP contribution >= 0.6 is 11.8 Å². The van der Waals surface area contributed by atoms with Crippen molar-refractivity contribution in [3.05, 3.63) is 35.4 Å². The SMILES string of the molecule is NC(CSCC(O)CO)c1cc(F)ccc1F. The van der Waals surface area contributed by atoms with E-state index in [1.54, 1.807) is 0 Å². The molecule has 17 heavy (non-hydrogen) atoms. The predicted molar refractivity (Wildman–Crippen MR) is 63.7 cm³/mol. The summed E-state index contributed by atoms with van der Waals surface area (Å²) >= 11 is 1.28. The van der Waals surface area contributed by atoms with Gasteiger partial charge in [0.25, 0.3) is 0 Å². The number of benzene rings is 1. The molecule has 0 spiro atoms. The fourth-order valence-corrected chi connectivity index (χ4v) is 2.22. The van der Waals surface area contributed by atoms with Gasteiger partial charge in [-0.1, -0.05) is 0 Å². The topological polar surface area (TPSA) is 66.5 Å². The highest BCUT2D eigenvalue weighted by atomic mass is 32.2. The summed E-state index contributed by atoms with van der Waals surface area (Å²) in [5.74, 6) is -0.419. The van der Waals surface area contributed by atoms with E-state index < -0.39 is 23.8 Å². The van der Waals surface area contributed by atoms with Crippen molar-refractivity contribution < 1.29 is 19.0 Å². The van der Waals surface area contributed by atoms with Gasteiger partial charge in [0.1, 0.15) is 11.6 Å². The van der Waals surface area contributed by atoms with Crippen molar-refractivity contribution in [1.82, 2.24) is 0 Å². The molecule has 0 fully saturated rings. The van der Waals surface area contributed by atoms with E-state index in [4.69, 9.17) is 15.9 Å². The summed E-state index contributed by atoms with van der Waals surface area (Å²) < 4.78 is 26.2. The van der Waals surface area contributed by atoms with Crippen LogP contribution < -0.4 is 5.73 Å². The van der Waals surface area contributed by atoms with E-state index >= 15 is 0 Å². The minimum absolute atomic E-state index is 0.121. The van der Waals surface area contributed by atoms with Crippen LogP contribution in [0.4, 0.5) is 8.78 Å². The molecule has 1 aromatic rings. The Balaban J connectivity index is 2.52. The van der Waals surface area contributed by atoms with Gasteiger partial charge in [-0.25, -0.2) is 8.78 Å². The van der Waals surface area contributed by atoms with Crippen molar-refractivity contribution in [3.8, 4) is 0 Å². The Morgan fingerprint density at radius 3 is 2.65 bits per heavy atom. The highest BCUT2D eigenvalue weighted by Crippen LogP contribution is 2.20. The number of aliphatic hydroxyl groups is 2. The van der Waals surface area contributed by atoms with Gasteiger partial charge in [0.15, 0.2) is 0 Å². The Labute approximate surface area is 103 Å². The lowest BCUT2D eigenvalue weighted by atomic mass is 10.1. The number of aliphatic hydroxyl groups excluding tert-OH is 2. The highest BCUT2D eigenvalue weighted by molar-refractivity contribution is 7.99. The summed E-state index contributed by atoms with van der Waals surface area (Å²) in [7, 11) is 0. The number of hydrogen-bond acceptors (Lipinski definition) is 4. The number of thioether (sulfide) groups is 1. The van der Waals surface area contributed by atoms with Gasteiger partial charge in [0.05, 0.1) is 12.7 Å². The molecule has 0 aliphatic rings. The first-order valence-electron chi connectivity index (χ1n) is 5.11. The van der Waals surface area contributed by atoms with E-state index in [0.717, 1.165) is 18.2 Å². The zero-order valence-corrected chi connectivity index (χ0v) is 9.96. The standard InChI is InChI=1S/C11H15F2NO2S/c12-7-1-2-10(13)9(3-7)11(14)6-17-5-8(16)4-15/h1-3,8,11,15-16H,4-6,14H2. The quantitative estimate of drug-likeness (QED) is 0.718. The number of halogens is 2. The Bertz CT molecular complexity index is 365. The van der Waals surface area contributed by atoms with Crippen molar-refractivity contribution in [1.29, 1.82) is 0 Å². The van der Waals surface area contributed by atoms with Crippen molar-refractivity contribution in [2.45, 2.75) is 12.1 Å². The second kappa shape index (κ2) is 6.90. The van der Waals surface area contributed by atoms with Crippen LogP contribution in [0, 0.1) is 11.6 Å². The lowest BCUT2D eigenvalue weighted by Crippen LogP contribution is -2.19. The summed E-state index contributed by atoms with van der Waals surface area (Å²) in [4.78, 5) is 0. The lowest BCUT2D eigenvalue weighted by Gasteiger charge is -2.13. The van der Waals surface area contributed by atoms with Crippen LogP contribution in [0.2, 0.25) is 0 Å². The maximum atomic E-state index is 13.3. The van der Waals surface area contributed by atoms with Gasteiger partial charge in [-0.05, 0) is 18.2 Å². The monoisotopic (exact) mass is 263 g/mol. The normalized spacial score (nSPS) is 14.6. The van der Waals surface area contributed by atoms with Gasteiger partial charge in [-0.3, -0.25) is 0 Å². The molecule has 1 aromatic carbocycles. The summed E-state index contributed by atoms with van der Waals surface area (Å²) in [5.41, 5.74) is 5.84.